The van der Waals surface area contributed by atoms with Crippen molar-refractivity contribution in [1.82, 2.24) is 24.9 Å². The van der Waals surface area contributed by atoms with E-state index in [9.17, 15) is 14.9 Å². The van der Waals surface area contributed by atoms with Crippen molar-refractivity contribution in [3.05, 3.63) is 39.3 Å². The van der Waals surface area contributed by atoms with E-state index in [0.717, 1.165) is 17.8 Å². The van der Waals surface area contributed by atoms with Crippen molar-refractivity contribution in [3.63, 3.8) is 0 Å². The first-order chi connectivity index (χ1) is 10.8. The SMILES string of the molecule is CCn1cc(C(C)NC(=O)Cn2nc([N+](=O)[O-])cc2C)c(C)n1. The Morgan fingerprint density at radius 3 is 2.65 bits per heavy atom. The minimum absolute atomic E-state index is 0.0645. The predicted octanol–water partition coefficient (Wildman–Crippen LogP) is 1.50. The average Bonchev–Trinajstić information content (AvgIpc) is 3.02. The lowest BCUT2D eigenvalue weighted by Gasteiger charge is -2.12. The van der Waals surface area contributed by atoms with Crippen LogP contribution < -0.4 is 5.32 Å². The normalized spacial score (nSPS) is 12.2. The Bertz CT molecular complexity index is 733. The summed E-state index contributed by atoms with van der Waals surface area (Å²) in [6, 6.07) is 1.14. The van der Waals surface area contributed by atoms with Crippen molar-refractivity contribution in [1.29, 1.82) is 0 Å². The number of nitrogens with zero attached hydrogens (tertiary/aromatic N) is 5. The average molecular weight is 320 g/mol. The third-order valence-electron chi connectivity index (χ3n) is 3.60. The van der Waals surface area contributed by atoms with Gasteiger partial charge < -0.3 is 15.4 Å². The van der Waals surface area contributed by atoms with Gasteiger partial charge in [0, 0.05) is 18.3 Å². The molecule has 0 fully saturated rings. The standard InChI is InChI=1S/C14H20N6O3/c1-5-18-7-12(11(4)16-18)10(3)15-14(21)8-19-9(2)6-13(17-19)20(22)23/h6-7,10H,5,8H2,1-4H3,(H,15,21). The summed E-state index contributed by atoms with van der Waals surface area (Å²) in [5.41, 5.74) is 2.38. The molecule has 2 rings (SSSR count). The smallest absolute Gasteiger partial charge is 0.358 e. The van der Waals surface area contributed by atoms with Gasteiger partial charge in [-0.1, -0.05) is 0 Å². The van der Waals surface area contributed by atoms with E-state index in [1.165, 1.54) is 10.7 Å². The number of rotatable bonds is 6. The van der Waals surface area contributed by atoms with E-state index in [4.69, 9.17) is 0 Å². The summed E-state index contributed by atoms with van der Waals surface area (Å²) in [4.78, 5) is 22.3. The topological polar surface area (TPSA) is 108 Å². The van der Waals surface area contributed by atoms with E-state index in [-0.39, 0.29) is 24.3 Å². The molecule has 1 amide bonds. The zero-order chi connectivity index (χ0) is 17.1. The van der Waals surface area contributed by atoms with Crippen LogP contribution in [0.2, 0.25) is 0 Å². The minimum Gasteiger partial charge on any atom is -0.358 e. The highest BCUT2D eigenvalue weighted by molar-refractivity contribution is 5.76. The van der Waals surface area contributed by atoms with Gasteiger partial charge in [-0.05, 0) is 32.6 Å². The van der Waals surface area contributed by atoms with Gasteiger partial charge in [0.25, 0.3) is 0 Å². The molecule has 0 aliphatic carbocycles. The molecule has 124 valence electrons. The lowest BCUT2D eigenvalue weighted by molar-refractivity contribution is -0.389. The monoisotopic (exact) mass is 320 g/mol. The Labute approximate surface area is 133 Å². The number of nitrogens with one attached hydrogen (secondary N) is 1. The number of aryl methyl sites for hydroxylation is 3. The second-order valence-electron chi connectivity index (χ2n) is 5.37. The van der Waals surface area contributed by atoms with Crippen LogP contribution in [-0.2, 0) is 17.9 Å². The molecule has 0 saturated heterocycles. The fraction of sp³-hybridized carbons (Fsp3) is 0.500. The van der Waals surface area contributed by atoms with E-state index in [1.54, 1.807) is 6.92 Å². The van der Waals surface area contributed by atoms with E-state index in [0.29, 0.717) is 5.69 Å². The van der Waals surface area contributed by atoms with Crippen molar-refractivity contribution < 1.29 is 9.72 Å². The molecular weight excluding hydrogens is 300 g/mol. The van der Waals surface area contributed by atoms with Crippen LogP contribution in [-0.4, -0.2) is 30.4 Å². The van der Waals surface area contributed by atoms with Crippen molar-refractivity contribution in [2.75, 3.05) is 0 Å². The van der Waals surface area contributed by atoms with Gasteiger partial charge in [-0.15, -0.1) is 0 Å². The number of nitro groups is 1. The Morgan fingerprint density at radius 1 is 1.43 bits per heavy atom. The van der Waals surface area contributed by atoms with Crippen molar-refractivity contribution in [2.24, 2.45) is 0 Å². The van der Waals surface area contributed by atoms with Gasteiger partial charge in [0.05, 0.1) is 28.6 Å². The van der Waals surface area contributed by atoms with Gasteiger partial charge in [-0.25, -0.2) is 0 Å². The maximum Gasteiger partial charge on any atom is 0.390 e. The first-order valence-corrected chi connectivity index (χ1v) is 7.34. The van der Waals surface area contributed by atoms with Crippen molar-refractivity contribution in [2.45, 2.75) is 46.8 Å². The highest BCUT2D eigenvalue weighted by Crippen LogP contribution is 2.16. The van der Waals surface area contributed by atoms with Crippen LogP contribution in [0.25, 0.3) is 0 Å². The van der Waals surface area contributed by atoms with E-state index in [2.05, 4.69) is 15.5 Å². The van der Waals surface area contributed by atoms with Gasteiger partial charge in [0.2, 0.25) is 5.91 Å². The molecule has 0 spiro atoms. The molecule has 23 heavy (non-hydrogen) atoms. The third-order valence-corrected chi connectivity index (χ3v) is 3.60. The molecule has 0 bridgehead atoms. The molecule has 0 saturated carbocycles. The van der Waals surface area contributed by atoms with Gasteiger partial charge in [-0.3, -0.25) is 9.48 Å². The number of hydrogen-bond donors (Lipinski definition) is 1. The molecule has 0 aliphatic heterocycles. The first kappa shape index (κ1) is 16.7. The van der Waals surface area contributed by atoms with Crippen LogP contribution in [0.1, 0.15) is 36.8 Å². The second-order valence-corrected chi connectivity index (χ2v) is 5.37. The summed E-state index contributed by atoms with van der Waals surface area (Å²) in [5.74, 6) is -0.523. The van der Waals surface area contributed by atoms with Crippen LogP contribution >= 0.6 is 0 Å². The Balaban J connectivity index is 2.04. The molecule has 1 atom stereocenters. The van der Waals surface area contributed by atoms with E-state index < -0.39 is 4.92 Å². The molecule has 2 aromatic rings. The second kappa shape index (κ2) is 6.59. The highest BCUT2D eigenvalue weighted by Gasteiger charge is 2.19. The summed E-state index contributed by atoms with van der Waals surface area (Å²) in [6.45, 7) is 8.13. The summed E-state index contributed by atoms with van der Waals surface area (Å²) in [7, 11) is 0. The molecular formula is C14H20N6O3. The van der Waals surface area contributed by atoms with Crippen LogP contribution in [0, 0.1) is 24.0 Å². The predicted molar refractivity (Wildman–Crippen MR) is 82.8 cm³/mol. The Hall–Kier alpha value is -2.71. The fourth-order valence-corrected chi connectivity index (χ4v) is 2.36. The minimum atomic E-state index is -0.577. The summed E-state index contributed by atoms with van der Waals surface area (Å²) >= 11 is 0. The van der Waals surface area contributed by atoms with Gasteiger partial charge in [0.15, 0.2) is 0 Å². The van der Waals surface area contributed by atoms with Crippen LogP contribution in [0.4, 0.5) is 5.82 Å². The molecule has 2 heterocycles. The highest BCUT2D eigenvalue weighted by atomic mass is 16.6. The molecule has 1 N–H and O–H groups in total. The van der Waals surface area contributed by atoms with Gasteiger partial charge in [0.1, 0.15) is 6.54 Å². The van der Waals surface area contributed by atoms with Crippen molar-refractivity contribution >= 4 is 11.7 Å². The lowest BCUT2D eigenvalue weighted by Crippen LogP contribution is -2.30. The molecule has 9 nitrogen and oxygen atoms in total. The maximum atomic E-state index is 12.1. The third kappa shape index (κ3) is 3.74. The summed E-state index contributed by atoms with van der Waals surface area (Å²) < 4.78 is 3.14. The molecule has 0 radical (unpaired) electrons. The van der Waals surface area contributed by atoms with Gasteiger partial charge >= 0.3 is 5.82 Å². The molecule has 0 aromatic carbocycles. The van der Waals surface area contributed by atoms with Gasteiger partial charge in [-0.2, -0.15) is 9.78 Å². The summed E-state index contributed by atoms with van der Waals surface area (Å²) in [6.07, 6.45) is 1.91. The zero-order valence-electron chi connectivity index (χ0n) is 13.6. The van der Waals surface area contributed by atoms with E-state index >= 15 is 0 Å². The Kier molecular flexibility index (Phi) is 4.77. The quantitative estimate of drug-likeness (QED) is 0.641. The fourth-order valence-electron chi connectivity index (χ4n) is 2.36. The van der Waals surface area contributed by atoms with Crippen LogP contribution in [0.5, 0.6) is 0 Å². The van der Waals surface area contributed by atoms with Crippen molar-refractivity contribution in [3.8, 4) is 0 Å². The number of carbonyl (C=O) groups excluding carboxylic acids is 1. The van der Waals surface area contributed by atoms with Crippen LogP contribution in [0.15, 0.2) is 12.3 Å². The maximum absolute atomic E-state index is 12.1. The molecule has 1 unspecified atom stereocenters. The Morgan fingerprint density at radius 2 is 2.13 bits per heavy atom. The molecule has 0 aliphatic rings. The first-order valence-electron chi connectivity index (χ1n) is 7.34. The lowest BCUT2D eigenvalue weighted by atomic mass is 10.1. The van der Waals surface area contributed by atoms with Crippen LogP contribution in [0.3, 0.4) is 0 Å². The zero-order valence-corrected chi connectivity index (χ0v) is 13.6. The van der Waals surface area contributed by atoms with E-state index in [1.807, 2.05) is 31.6 Å². The largest absolute Gasteiger partial charge is 0.390 e. The number of hydrogen-bond acceptors (Lipinski definition) is 5. The molecule has 9 heteroatoms. The number of aromatic nitrogens is 4. The molecule has 2 aromatic heterocycles. The summed E-state index contributed by atoms with van der Waals surface area (Å²) in [5, 5.41) is 21.7. The number of carbonyl (C=O) groups is 1. The number of amides is 1.